The average molecular weight is 507 g/mol. The molecule has 0 atom stereocenters. The van der Waals surface area contributed by atoms with Gasteiger partial charge in [0.15, 0.2) is 11.5 Å². The first-order valence-corrected chi connectivity index (χ1v) is 12.9. The van der Waals surface area contributed by atoms with Gasteiger partial charge in [0.25, 0.3) is 0 Å². The Morgan fingerprint density at radius 2 is 1.21 bits per heavy atom. The predicted molar refractivity (Wildman–Crippen MR) is 155 cm³/mol. The molecule has 4 aromatic carbocycles. The van der Waals surface area contributed by atoms with Gasteiger partial charge in [-0.15, -0.1) is 0 Å². The van der Waals surface area contributed by atoms with Crippen molar-refractivity contribution in [2.75, 3.05) is 13.7 Å². The number of benzene rings is 4. The predicted octanol–water partition coefficient (Wildman–Crippen LogP) is 8.37. The standard InChI is InChI=1S/C34H34O4/c1-3-4-11-20-36-31-21-30(22-32(24-31)37-25-28-12-7-5-8-13-28)17-16-27-18-19-33(34(23-27)35-2)38-26-29-14-9-6-10-15-29/h4-19,21-24H,3,20,25-26H2,1-2H3/b11-4+,17-16+. The van der Waals surface area contributed by atoms with E-state index in [0.29, 0.717) is 31.3 Å². The molecule has 0 unspecified atom stereocenters. The van der Waals surface area contributed by atoms with Gasteiger partial charge in [-0.25, -0.2) is 0 Å². The summed E-state index contributed by atoms with van der Waals surface area (Å²) < 4.78 is 23.7. The van der Waals surface area contributed by atoms with Crippen LogP contribution in [0.25, 0.3) is 12.2 Å². The minimum atomic E-state index is 0.485. The molecule has 0 fully saturated rings. The van der Waals surface area contributed by atoms with E-state index in [4.69, 9.17) is 18.9 Å². The number of methoxy groups -OCH3 is 1. The lowest BCUT2D eigenvalue weighted by molar-refractivity contribution is 0.284. The van der Waals surface area contributed by atoms with Gasteiger partial charge in [0.1, 0.15) is 31.3 Å². The Hall–Kier alpha value is -4.44. The van der Waals surface area contributed by atoms with Crippen molar-refractivity contribution >= 4 is 12.2 Å². The SMILES string of the molecule is CC/C=C/COc1cc(/C=C/c2ccc(OCc3ccccc3)c(OC)c2)cc(OCc2ccccc2)c1. The van der Waals surface area contributed by atoms with E-state index in [0.717, 1.165) is 40.2 Å². The molecule has 0 saturated heterocycles. The maximum absolute atomic E-state index is 6.10. The van der Waals surface area contributed by atoms with Crippen LogP contribution in [0.15, 0.2) is 109 Å². The van der Waals surface area contributed by atoms with E-state index in [2.05, 4.69) is 25.1 Å². The summed E-state index contributed by atoms with van der Waals surface area (Å²) in [6.07, 6.45) is 9.19. The Kier molecular flexibility index (Phi) is 10.0. The van der Waals surface area contributed by atoms with Gasteiger partial charge in [-0.3, -0.25) is 0 Å². The Balaban J connectivity index is 1.49. The van der Waals surface area contributed by atoms with E-state index in [9.17, 15) is 0 Å². The summed E-state index contributed by atoms with van der Waals surface area (Å²) in [5, 5.41) is 0. The van der Waals surface area contributed by atoms with E-state index in [1.54, 1.807) is 7.11 Å². The van der Waals surface area contributed by atoms with Crippen LogP contribution in [0.1, 0.15) is 35.6 Å². The Bertz CT molecular complexity index is 1330. The third-order valence-corrected chi connectivity index (χ3v) is 5.79. The van der Waals surface area contributed by atoms with E-state index >= 15 is 0 Å². The van der Waals surface area contributed by atoms with Gasteiger partial charge in [-0.2, -0.15) is 0 Å². The Labute approximate surface area is 225 Å². The zero-order valence-corrected chi connectivity index (χ0v) is 22.0. The van der Waals surface area contributed by atoms with E-state index in [1.165, 1.54) is 0 Å². The lowest BCUT2D eigenvalue weighted by atomic mass is 10.1. The fourth-order valence-corrected chi connectivity index (χ4v) is 3.81. The van der Waals surface area contributed by atoms with Gasteiger partial charge in [-0.05, 0) is 52.9 Å². The highest BCUT2D eigenvalue weighted by Crippen LogP contribution is 2.30. The summed E-state index contributed by atoms with van der Waals surface area (Å²) >= 11 is 0. The average Bonchev–Trinajstić information content (AvgIpc) is 2.97. The molecule has 194 valence electrons. The monoisotopic (exact) mass is 506 g/mol. The lowest BCUT2D eigenvalue weighted by Crippen LogP contribution is -1.98. The van der Waals surface area contributed by atoms with Crippen molar-refractivity contribution in [2.45, 2.75) is 26.6 Å². The minimum Gasteiger partial charge on any atom is -0.493 e. The van der Waals surface area contributed by atoms with Crippen LogP contribution in [0.3, 0.4) is 0 Å². The summed E-state index contributed by atoms with van der Waals surface area (Å²) in [5.41, 5.74) is 4.20. The minimum absolute atomic E-state index is 0.485. The summed E-state index contributed by atoms with van der Waals surface area (Å²) in [7, 11) is 1.66. The number of hydrogen-bond donors (Lipinski definition) is 0. The molecule has 38 heavy (non-hydrogen) atoms. The summed E-state index contributed by atoms with van der Waals surface area (Å²) in [6, 6.07) is 32.1. The zero-order chi connectivity index (χ0) is 26.4. The third-order valence-electron chi connectivity index (χ3n) is 5.79. The van der Waals surface area contributed by atoms with Gasteiger partial charge < -0.3 is 18.9 Å². The number of allylic oxidation sites excluding steroid dienone is 1. The molecule has 0 aliphatic rings. The molecule has 4 nitrogen and oxygen atoms in total. The molecule has 4 heteroatoms. The van der Waals surface area contributed by atoms with Gasteiger partial charge in [0.2, 0.25) is 0 Å². The van der Waals surface area contributed by atoms with Crippen molar-refractivity contribution < 1.29 is 18.9 Å². The lowest BCUT2D eigenvalue weighted by Gasteiger charge is -2.12. The van der Waals surface area contributed by atoms with Crippen molar-refractivity contribution in [3.8, 4) is 23.0 Å². The molecule has 0 aliphatic heterocycles. The van der Waals surface area contributed by atoms with Crippen LogP contribution < -0.4 is 18.9 Å². The van der Waals surface area contributed by atoms with Crippen molar-refractivity contribution in [1.82, 2.24) is 0 Å². The number of hydrogen-bond acceptors (Lipinski definition) is 4. The molecule has 0 saturated carbocycles. The molecule has 0 radical (unpaired) electrons. The fraction of sp³-hybridized carbons (Fsp3) is 0.176. The highest BCUT2D eigenvalue weighted by molar-refractivity contribution is 5.72. The maximum Gasteiger partial charge on any atom is 0.161 e. The molecule has 4 rings (SSSR count). The van der Waals surface area contributed by atoms with E-state index < -0.39 is 0 Å². The smallest absolute Gasteiger partial charge is 0.161 e. The van der Waals surface area contributed by atoms with Crippen LogP contribution in [0.2, 0.25) is 0 Å². The first-order valence-electron chi connectivity index (χ1n) is 12.9. The first-order chi connectivity index (χ1) is 18.7. The fourth-order valence-electron chi connectivity index (χ4n) is 3.81. The molecule has 4 aromatic rings. The zero-order valence-electron chi connectivity index (χ0n) is 22.0. The molecule has 0 spiro atoms. The second kappa shape index (κ2) is 14.3. The van der Waals surface area contributed by atoms with Crippen LogP contribution in [0.4, 0.5) is 0 Å². The molecular formula is C34H34O4. The van der Waals surface area contributed by atoms with Crippen molar-refractivity contribution in [3.63, 3.8) is 0 Å². The van der Waals surface area contributed by atoms with E-state index in [-0.39, 0.29) is 0 Å². The molecule has 0 amide bonds. The third kappa shape index (κ3) is 8.31. The quantitative estimate of drug-likeness (QED) is 0.135. The summed E-state index contributed by atoms with van der Waals surface area (Å²) in [5.74, 6) is 2.92. The van der Waals surface area contributed by atoms with Crippen LogP contribution >= 0.6 is 0 Å². The number of rotatable bonds is 13. The second-order valence-electron chi connectivity index (χ2n) is 8.72. The van der Waals surface area contributed by atoms with E-state index in [1.807, 2.05) is 103 Å². The summed E-state index contributed by atoms with van der Waals surface area (Å²) in [6.45, 7) is 3.60. The van der Waals surface area contributed by atoms with Crippen molar-refractivity contribution in [2.24, 2.45) is 0 Å². The molecule has 0 N–H and O–H groups in total. The molecule has 0 aromatic heterocycles. The van der Waals surface area contributed by atoms with Crippen LogP contribution in [-0.4, -0.2) is 13.7 Å². The highest BCUT2D eigenvalue weighted by atomic mass is 16.5. The normalized spacial score (nSPS) is 11.1. The van der Waals surface area contributed by atoms with Gasteiger partial charge >= 0.3 is 0 Å². The van der Waals surface area contributed by atoms with Gasteiger partial charge in [0, 0.05) is 6.07 Å². The van der Waals surface area contributed by atoms with Crippen LogP contribution in [0.5, 0.6) is 23.0 Å². The van der Waals surface area contributed by atoms with Gasteiger partial charge in [-0.1, -0.05) is 98.0 Å². The maximum atomic E-state index is 6.10. The van der Waals surface area contributed by atoms with Crippen molar-refractivity contribution in [3.05, 3.63) is 131 Å². The van der Waals surface area contributed by atoms with Crippen LogP contribution in [0, 0.1) is 0 Å². The number of ether oxygens (including phenoxy) is 4. The molecule has 0 bridgehead atoms. The summed E-state index contributed by atoms with van der Waals surface area (Å²) in [4.78, 5) is 0. The molecule has 0 heterocycles. The van der Waals surface area contributed by atoms with Gasteiger partial charge in [0.05, 0.1) is 7.11 Å². The molecule has 0 aliphatic carbocycles. The van der Waals surface area contributed by atoms with Crippen LogP contribution in [-0.2, 0) is 13.2 Å². The molecular weight excluding hydrogens is 472 g/mol. The Morgan fingerprint density at radius 1 is 0.579 bits per heavy atom. The second-order valence-corrected chi connectivity index (χ2v) is 8.72. The highest BCUT2D eigenvalue weighted by Gasteiger charge is 2.07. The Morgan fingerprint density at radius 3 is 1.87 bits per heavy atom. The first kappa shape index (κ1) is 26.6. The van der Waals surface area contributed by atoms with Crippen molar-refractivity contribution in [1.29, 1.82) is 0 Å². The topological polar surface area (TPSA) is 36.9 Å². The largest absolute Gasteiger partial charge is 0.493 e.